The van der Waals surface area contributed by atoms with Gasteiger partial charge in [-0.3, -0.25) is 9.48 Å². The summed E-state index contributed by atoms with van der Waals surface area (Å²) in [5, 5.41) is 10.2. The summed E-state index contributed by atoms with van der Waals surface area (Å²) in [4.78, 5) is 15.3. The minimum atomic E-state index is 0.0911. The van der Waals surface area contributed by atoms with Crippen molar-refractivity contribution in [1.29, 1.82) is 0 Å². The summed E-state index contributed by atoms with van der Waals surface area (Å²) in [6.45, 7) is 1.63. The number of fused-ring (bicyclic) bond motifs is 1. The highest BCUT2D eigenvalue weighted by Crippen LogP contribution is 2.33. The minimum absolute atomic E-state index is 0.0911. The minimum Gasteiger partial charge on any atom is -0.356 e. The van der Waals surface area contributed by atoms with Crippen molar-refractivity contribution in [2.24, 2.45) is 0 Å². The molecule has 3 aromatic carbocycles. The number of amides is 1. The van der Waals surface area contributed by atoms with Gasteiger partial charge in [-0.15, -0.1) is 0 Å². The molecule has 0 unspecified atom stereocenters. The van der Waals surface area contributed by atoms with Crippen LogP contribution in [0, 0.1) is 0 Å². The lowest BCUT2D eigenvalue weighted by Gasteiger charge is -2.31. The number of aromatic nitrogens is 3. The average molecular weight is 463 g/mol. The Morgan fingerprint density at radius 1 is 0.857 bits per heavy atom. The number of hydrogen-bond donors (Lipinski definition) is 0. The SMILES string of the molecule is O=C(Cn1nc(-c2ccccc2)cc1-c1ccccc1)N1CCC(c2noc3ccccc23)CC1. The van der Waals surface area contributed by atoms with Crippen molar-refractivity contribution < 1.29 is 9.32 Å². The Balaban J connectivity index is 1.20. The molecule has 2 aromatic heterocycles. The summed E-state index contributed by atoms with van der Waals surface area (Å²) in [5.41, 5.74) is 5.74. The zero-order valence-electron chi connectivity index (χ0n) is 19.4. The summed E-state index contributed by atoms with van der Waals surface area (Å²) in [7, 11) is 0. The van der Waals surface area contributed by atoms with Gasteiger partial charge >= 0.3 is 0 Å². The van der Waals surface area contributed by atoms with E-state index in [1.807, 2.05) is 76.3 Å². The van der Waals surface area contributed by atoms with Crippen LogP contribution in [0.25, 0.3) is 33.5 Å². The molecule has 0 N–H and O–H groups in total. The van der Waals surface area contributed by atoms with E-state index in [0.717, 1.165) is 52.0 Å². The molecular formula is C29H26N4O2. The molecule has 6 heteroatoms. The lowest BCUT2D eigenvalue weighted by Crippen LogP contribution is -2.40. The maximum absolute atomic E-state index is 13.3. The zero-order chi connectivity index (χ0) is 23.6. The van der Waals surface area contributed by atoms with Crippen LogP contribution >= 0.6 is 0 Å². The third kappa shape index (κ3) is 4.23. The number of benzene rings is 3. The molecule has 0 saturated carbocycles. The molecule has 0 aliphatic carbocycles. The van der Waals surface area contributed by atoms with Crippen molar-refractivity contribution in [3.8, 4) is 22.5 Å². The number of likely N-dealkylation sites (tertiary alicyclic amines) is 1. The average Bonchev–Trinajstić information content (AvgIpc) is 3.54. The molecule has 1 amide bonds. The van der Waals surface area contributed by atoms with Crippen molar-refractivity contribution in [1.82, 2.24) is 19.8 Å². The second kappa shape index (κ2) is 9.22. The molecule has 0 radical (unpaired) electrons. The maximum atomic E-state index is 13.3. The summed E-state index contributed by atoms with van der Waals surface area (Å²) in [6.07, 6.45) is 1.75. The zero-order valence-corrected chi connectivity index (χ0v) is 19.4. The van der Waals surface area contributed by atoms with Crippen LogP contribution in [0.1, 0.15) is 24.5 Å². The van der Waals surface area contributed by atoms with Crippen LogP contribution in [0.3, 0.4) is 0 Å². The molecule has 0 bridgehead atoms. The van der Waals surface area contributed by atoms with Gasteiger partial charge in [0.05, 0.1) is 17.1 Å². The normalized spacial score (nSPS) is 14.5. The van der Waals surface area contributed by atoms with Gasteiger partial charge in [0.1, 0.15) is 6.54 Å². The predicted octanol–water partition coefficient (Wildman–Crippen LogP) is 5.76. The molecule has 5 aromatic rings. The van der Waals surface area contributed by atoms with Crippen molar-refractivity contribution >= 4 is 16.9 Å². The van der Waals surface area contributed by atoms with E-state index in [1.165, 1.54) is 0 Å². The molecule has 1 saturated heterocycles. The van der Waals surface area contributed by atoms with Gasteiger partial charge in [0.2, 0.25) is 5.91 Å². The van der Waals surface area contributed by atoms with Gasteiger partial charge in [0.25, 0.3) is 0 Å². The monoisotopic (exact) mass is 462 g/mol. The van der Waals surface area contributed by atoms with E-state index >= 15 is 0 Å². The smallest absolute Gasteiger partial charge is 0.244 e. The first-order valence-electron chi connectivity index (χ1n) is 12.1. The van der Waals surface area contributed by atoms with Gasteiger partial charge in [-0.2, -0.15) is 5.10 Å². The Morgan fingerprint density at radius 3 is 2.26 bits per heavy atom. The molecule has 174 valence electrons. The number of para-hydroxylation sites is 1. The molecule has 0 spiro atoms. The van der Waals surface area contributed by atoms with E-state index in [2.05, 4.69) is 29.4 Å². The van der Waals surface area contributed by atoms with Crippen LogP contribution in [0.5, 0.6) is 0 Å². The molecule has 6 rings (SSSR count). The number of hydrogen-bond acceptors (Lipinski definition) is 4. The summed E-state index contributed by atoms with van der Waals surface area (Å²) >= 11 is 0. The van der Waals surface area contributed by atoms with Crippen molar-refractivity contribution in [3.05, 3.63) is 96.7 Å². The van der Waals surface area contributed by atoms with E-state index in [9.17, 15) is 4.79 Å². The lowest BCUT2D eigenvalue weighted by atomic mass is 9.91. The van der Waals surface area contributed by atoms with E-state index < -0.39 is 0 Å². The molecule has 35 heavy (non-hydrogen) atoms. The number of carbonyl (C=O) groups is 1. The quantitative estimate of drug-likeness (QED) is 0.333. The molecule has 0 atom stereocenters. The number of piperidine rings is 1. The Labute approximate surface area is 203 Å². The second-order valence-corrected chi connectivity index (χ2v) is 9.02. The van der Waals surface area contributed by atoms with E-state index in [1.54, 1.807) is 0 Å². The maximum Gasteiger partial charge on any atom is 0.244 e. The first-order valence-corrected chi connectivity index (χ1v) is 12.1. The number of carbonyl (C=O) groups excluding carboxylic acids is 1. The Hall–Kier alpha value is -4.19. The second-order valence-electron chi connectivity index (χ2n) is 9.02. The molecule has 1 aliphatic heterocycles. The highest BCUT2D eigenvalue weighted by molar-refractivity contribution is 5.80. The van der Waals surface area contributed by atoms with Crippen molar-refractivity contribution in [3.63, 3.8) is 0 Å². The van der Waals surface area contributed by atoms with Crippen LogP contribution in [0.4, 0.5) is 0 Å². The number of rotatable bonds is 5. The molecule has 6 nitrogen and oxygen atoms in total. The van der Waals surface area contributed by atoms with Gasteiger partial charge < -0.3 is 9.42 Å². The highest BCUT2D eigenvalue weighted by atomic mass is 16.5. The molecule has 1 aliphatic rings. The predicted molar refractivity (Wildman–Crippen MR) is 136 cm³/mol. The standard InChI is InChI=1S/C29H26N4O2/c34-28(32-17-15-23(16-18-32)29-24-13-7-8-14-27(24)35-31-29)20-33-26(22-11-5-2-6-12-22)19-25(30-33)21-9-3-1-4-10-21/h1-14,19,23H,15-18,20H2. The summed E-state index contributed by atoms with van der Waals surface area (Å²) < 4.78 is 7.35. The Bertz CT molecular complexity index is 1450. The lowest BCUT2D eigenvalue weighted by molar-refractivity contribution is -0.133. The molecule has 3 heterocycles. The van der Waals surface area contributed by atoms with Crippen molar-refractivity contribution in [2.45, 2.75) is 25.3 Å². The van der Waals surface area contributed by atoms with Crippen molar-refractivity contribution in [2.75, 3.05) is 13.1 Å². The van der Waals surface area contributed by atoms with E-state index in [-0.39, 0.29) is 12.5 Å². The van der Waals surface area contributed by atoms with Crippen LogP contribution in [-0.2, 0) is 11.3 Å². The first-order chi connectivity index (χ1) is 17.3. The topological polar surface area (TPSA) is 64.2 Å². The van der Waals surface area contributed by atoms with Gasteiger partial charge in [-0.25, -0.2) is 0 Å². The third-order valence-corrected chi connectivity index (χ3v) is 6.84. The van der Waals surface area contributed by atoms with Crippen LogP contribution in [-0.4, -0.2) is 38.8 Å². The largest absolute Gasteiger partial charge is 0.356 e. The third-order valence-electron chi connectivity index (χ3n) is 6.84. The van der Waals surface area contributed by atoms with E-state index in [0.29, 0.717) is 19.0 Å². The van der Waals surface area contributed by atoms with E-state index in [4.69, 9.17) is 9.62 Å². The Kier molecular flexibility index (Phi) is 5.62. The van der Waals surface area contributed by atoms with Gasteiger partial charge in [-0.1, -0.05) is 78.0 Å². The fourth-order valence-corrected chi connectivity index (χ4v) is 4.96. The van der Waals surface area contributed by atoms with Gasteiger partial charge in [-0.05, 0) is 36.6 Å². The fraction of sp³-hybridized carbons (Fsp3) is 0.207. The number of nitrogens with zero attached hydrogens (tertiary/aromatic N) is 4. The highest BCUT2D eigenvalue weighted by Gasteiger charge is 2.28. The fourth-order valence-electron chi connectivity index (χ4n) is 4.96. The van der Waals surface area contributed by atoms with Crippen LogP contribution in [0.15, 0.2) is 95.5 Å². The Morgan fingerprint density at radius 2 is 1.51 bits per heavy atom. The summed E-state index contributed by atoms with van der Waals surface area (Å²) in [6, 6.07) is 30.3. The first kappa shape index (κ1) is 21.4. The summed E-state index contributed by atoms with van der Waals surface area (Å²) in [5.74, 6) is 0.394. The molecule has 1 fully saturated rings. The van der Waals surface area contributed by atoms with Crippen LogP contribution < -0.4 is 0 Å². The van der Waals surface area contributed by atoms with Crippen LogP contribution in [0.2, 0.25) is 0 Å². The van der Waals surface area contributed by atoms with Gasteiger partial charge in [0.15, 0.2) is 5.58 Å². The van der Waals surface area contributed by atoms with Gasteiger partial charge in [0, 0.05) is 30.0 Å². The molecular weight excluding hydrogens is 436 g/mol.